The summed E-state index contributed by atoms with van der Waals surface area (Å²) in [6.45, 7) is 2.97. The van der Waals surface area contributed by atoms with Crippen molar-refractivity contribution in [2.75, 3.05) is 5.32 Å². The summed E-state index contributed by atoms with van der Waals surface area (Å²) >= 11 is 6.22. The Bertz CT molecular complexity index is 1530. The zero-order valence-electron chi connectivity index (χ0n) is 19.6. The Hall–Kier alpha value is -3.76. The normalized spacial score (nSPS) is 13.1. The number of nitrogens with zero attached hydrogens (tertiary/aromatic N) is 2. The van der Waals surface area contributed by atoms with Crippen LogP contribution in [0.15, 0.2) is 85.1 Å². The fraction of sp³-hybridized carbons (Fsp3) is 0.167. The summed E-state index contributed by atoms with van der Waals surface area (Å²) in [5.41, 5.74) is 9.24. The van der Waals surface area contributed by atoms with Crippen LogP contribution in [0.25, 0.3) is 28.0 Å². The summed E-state index contributed by atoms with van der Waals surface area (Å²) in [6, 6.07) is 26.2. The van der Waals surface area contributed by atoms with Crippen LogP contribution in [0.1, 0.15) is 34.5 Å². The van der Waals surface area contributed by atoms with E-state index in [0.29, 0.717) is 10.7 Å². The van der Waals surface area contributed by atoms with Gasteiger partial charge in [-0.2, -0.15) is 0 Å². The highest BCUT2D eigenvalue weighted by atomic mass is 35.5. The molecule has 0 saturated carbocycles. The van der Waals surface area contributed by atoms with Crippen molar-refractivity contribution in [2.45, 2.75) is 32.7 Å². The lowest BCUT2D eigenvalue weighted by Crippen LogP contribution is -2.15. The van der Waals surface area contributed by atoms with Gasteiger partial charge in [0.2, 0.25) is 0 Å². The van der Waals surface area contributed by atoms with Gasteiger partial charge in [0.15, 0.2) is 0 Å². The molecule has 1 aliphatic rings. The summed E-state index contributed by atoms with van der Waals surface area (Å²) in [5, 5.41) is 3.83. The van der Waals surface area contributed by atoms with Crippen LogP contribution in [0.2, 0.25) is 5.02 Å². The van der Waals surface area contributed by atoms with E-state index in [4.69, 9.17) is 11.6 Å². The van der Waals surface area contributed by atoms with Crippen LogP contribution in [0.4, 0.5) is 5.69 Å². The van der Waals surface area contributed by atoms with E-state index >= 15 is 0 Å². The highest BCUT2D eigenvalue weighted by Crippen LogP contribution is 2.40. The molecule has 0 spiro atoms. The van der Waals surface area contributed by atoms with E-state index in [1.54, 1.807) is 0 Å². The SMILES string of the molecule is Cc1ccc(NC(=O)c2c(-c3ccc(Cl)cc3)c3c4n(c(-c5ccccc5)cn24)CCCC3)cc1. The van der Waals surface area contributed by atoms with Crippen molar-refractivity contribution in [1.29, 1.82) is 0 Å². The van der Waals surface area contributed by atoms with Crippen molar-refractivity contribution in [2.24, 2.45) is 0 Å². The molecule has 0 fully saturated rings. The van der Waals surface area contributed by atoms with E-state index in [0.717, 1.165) is 65.1 Å². The molecular weight excluding hydrogens is 454 g/mol. The minimum atomic E-state index is -0.114. The van der Waals surface area contributed by atoms with Crippen molar-refractivity contribution in [3.63, 3.8) is 0 Å². The molecule has 4 nitrogen and oxygen atoms in total. The maximum absolute atomic E-state index is 13.9. The Kier molecular flexibility index (Phi) is 5.46. The molecule has 0 bridgehead atoms. The molecule has 1 N–H and O–H groups in total. The molecule has 3 aromatic carbocycles. The number of hydrogen-bond donors (Lipinski definition) is 1. The van der Waals surface area contributed by atoms with Crippen molar-refractivity contribution < 1.29 is 4.79 Å². The number of aryl methyl sites for hydroxylation is 3. The minimum Gasteiger partial charge on any atom is -0.325 e. The van der Waals surface area contributed by atoms with Crippen molar-refractivity contribution in [3.05, 3.63) is 107 Å². The number of imidazole rings is 1. The second kappa shape index (κ2) is 8.79. The van der Waals surface area contributed by atoms with Crippen LogP contribution in [0.3, 0.4) is 0 Å². The van der Waals surface area contributed by atoms with Gasteiger partial charge in [-0.25, -0.2) is 0 Å². The number of aromatic nitrogens is 2. The number of halogens is 1. The van der Waals surface area contributed by atoms with Gasteiger partial charge in [0.05, 0.1) is 5.69 Å². The van der Waals surface area contributed by atoms with Crippen LogP contribution in [0.5, 0.6) is 0 Å². The molecule has 0 aliphatic carbocycles. The Morgan fingerprint density at radius 3 is 2.37 bits per heavy atom. The van der Waals surface area contributed by atoms with E-state index < -0.39 is 0 Å². The number of carbonyl (C=O) groups excluding carboxylic acids is 1. The number of rotatable bonds is 4. The molecule has 0 radical (unpaired) electrons. The molecule has 0 atom stereocenters. The third kappa shape index (κ3) is 3.84. The van der Waals surface area contributed by atoms with Crippen molar-refractivity contribution in [3.8, 4) is 22.4 Å². The van der Waals surface area contributed by atoms with E-state index in [1.165, 1.54) is 5.56 Å². The van der Waals surface area contributed by atoms with Gasteiger partial charge in [-0.05, 0) is 61.6 Å². The van der Waals surface area contributed by atoms with Crippen LogP contribution < -0.4 is 5.32 Å². The Balaban J connectivity index is 1.60. The first-order chi connectivity index (χ1) is 17.1. The Morgan fingerprint density at radius 1 is 0.886 bits per heavy atom. The maximum Gasteiger partial charge on any atom is 0.273 e. The minimum absolute atomic E-state index is 0.114. The Labute approximate surface area is 209 Å². The van der Waals surface area contributed by atoms with Crippen molar-refractivity contribution in [1.82, 2.24) is 8.97 Å². The molecule has 6 rings (SSSR count). The van der Waals surface area contributed by atoms with Gasteiger partial charge in [0, 0.05) is 34.6 Å². The molecule has 0 saturated heterocycles. The van der Waals surface area contributed by atoms with Gasteiger partial charge < -0.3 is 9.88 Å². The largest absolute Gasteiger partial charge is 0.325 e. The van der Waals surface area contributed by atoms with Gasteiger partial charge in [0.25, 0.3) is 5.91 Å². The topological polar surface area (TPSA) is 38.4 Å². The van der Waals surface area contributed by atoms with E-state index in [9.17, 15) is 4.79 Å². The molecule has 2 aromatic heterocycles. The third-order valence-corrected chi connectivity index (χ3v) is 7.11. The monoisotopic (exact) mass is 479 g/mol. The number of anilines is 1. The average molecular weight is 480 g/mol. The molecule has 3 heterocycles. The number of hydrogen-bond acceptors (Lipinski definition) is 1. The smallest absolute Gasteiger partial charge is 0.273 e. The van der Waals surface area contributed by atoms with Crippen molar-refractivity contribution >= 4 is 28.8 Å². The van der Waals surface area contributed by atoms with E-state index in [2.05, 4.69) is 44.7 Å². The summed E-state index contributed by atoms with van der Waals surface area (Å²) in [5.74, 6) is -0.114. The van der Waals surface area contributed by atoms with Gasteiger partial charge in [-0.3, -0.25) is 9.20 Å². The molecular formula is C30H26ClN3O. The van der Waals surface area contributed by atoms with E-state index in [-0.39, 0.29) is 5.91 Å². The van der Waals surface area contributed by atoms with Gasteiger partial charge in [-0.1, -0.05) is 71.8 Å². The molecule has 5 aromatic rings. The zero-order valence-corrected chi connectivity index (χ0v) is 20.3. The number of carbonyl (C=O) groups is 1. The Morgan fingerprint density at radius 2 is 1.63 bits per heavy atom. The first-order valence-corrected chi connectivity index (χ1v) is 12.4. The van der Waals surface area contributed by atoms with Crippen LogP contribution >= 0.6 is 11.6 Å². The van der Waals surface area contributed by atoms with Crippen LogP contribution in [-0.2, 0) is 13.0 Å². The molecule has 5 heteroatoms. The van der Waals surface area contributed by atoms with E-state index in [1.807, 2.05) is 61.5 Å². The number of amides is 1. The molecule has 174 valence electrons. The average Bonchev–Trinajstić information content (AvgIpc) is 3.29. The molecule has 1 aliphatic heterocycles. The fourth-order valence-electron chi connectivity index (χ4n) is 5.20. The number of benzene rings is 3. The van der Waals surface area contributed by atoms with Gasteiger partial charge >= 0.3 is 0 Å². The first-order valence-electron chi connectivity index (χ1n) is 12.1. The lowest BCUT2D eigenvalue weighted by atomic mass is 9.97. The van der Waals surface area contributed by atoms with Gasteiger partial charge in [0.1, 0.15) is 11.3 Å². The standard InChI is InChI=1S/C30H26ClN3O/c1-20-10-16-24(17-11-20)32-29(35)28-27(22-12-14-23(31)15-13-22)25-9-5-6-18-33-26(19-34(28)30(25)33)21-7-3-2-4-8-21/h2-4,7-8,10-17,19H,5-6,9,18H2,1H3,(H,32,35). The third-order valence-electron chi connectivity index (χ3n) is 6.86. The molecule has 1 amide bonds. The highest BCUT2D eigenvalue weighted by Gasteiger charge is 2.29. The summed E-state index contributed by atoms with van der Waals surface area (Å²) in [6.07, 6.45) is 5.24. The van der Waals surface area contributed by atoms with Crippen LogP contribution in [-0.4, -0.2) is 14.9 Å². The maximum atomic E-state index is 13.9. The highest BCUT2D eigenvalue weighted by molar-refractivity contribution is 6.30. The quantitative estimate of drug-likeness (QED) is 0.283. The fourth-order valence-corrected chi connectivity index (χ4v) is 5.33. The zero-order chi connectivity index (χ0) is 23.9. The predicted octanol–water partition coefficient (Wildman–Crippen LogP) is 7.63. The first kappa shape index (κ1) is 21.8. The second-order valence-corrected chi connectivity index (χ2v) is 9.65. The molecule has 35 heavy (non-hydrogen) atoms. The molecule has 0 unspecified atom stereocenters. The second-order valence-electron chi connectivity index (χ2n) is 9.21. The summed E-state index contributed by atoms with van der Waals surface area (Å²) in [4.78, 5) is 13.9. The lowest BCUT2D eigenvalue weighted by Gasteiger charge is -2.10. The summed E-state index contributed by atoms with van der Waals surface area (Å²) < 4.78 is 4.50. The van der Waals surface area contributed by atoms with Gasteiger partial charge in [-0.15, -0.1) is 0 Å². The van der Waals surface area contributed by atoms with Crippen LogP contribution in [0, 0.1) is 6.92 Å². The predicted molar refractivity (Wildman–Crippen MR) is 143 cm³/mol. The summed E-state index contributed by atoms with van der Waals surface area (Å²) in [7, 11) is 0. The number of nitrogens with one attached hydrogen (secondary N) is 1. The lowest BCUT2D eigenvalue weighted by molar-refractivity contribution is 0.102.